The molecular formula is C18H20N2O. The zero-order valence-electron chi connectivity index (χ0n) is 12.1. The third kappa shape index (κ3) is 2.14. The summed E-state index contributed by atoms with van der Waals surface area (Å²) in [5, 5.41) is 12.0. The average Bonchev–Trinajstić information content (AvgIpc) is 2.46. The van der Waals surface area contributed by atoms with E-state index in [1.807, 2.05) is 12.1 Å². The van der Waals surface area contributed by atoms with Gasteiger partial charge in [0.2, 0.25) is 5.91 Å². The number of nitrogens with one attached hydrogen (secondary N) is 1. The van der Waals surface area contributed by atoms with Crippen LogP contribution in [-0.2, 0) is 4.79 Å². The number of rotatable bonds is 2. The minimum Gasteiger partial charge on any atom is -0.326 e. The van der Waals surface area contributed by atoms with E-state index >= 15 is 0 Å². The maximum absolute atomic E-state index is 12.9. The van der Waals surface area contributed by atoms with Crippen LogP contribution in [0.1, 0.15) is 44.1 Å². The van der Waals surface area contributed by atoms with Gasteiger partial charge < -0.3 is 5.32 Å². The highest BCUT2D eigenvalue weighted by molar-refractivity contribution is 5.95. The van der Waals surface area contributed by atoms with Crippen molar-refractivity contribution in [3.8, 4) is 6.07 Å². The van der Waals surface area contributed by atoms with E-state index in [0.717, 1.165) is 42.7 Å². The van der Waals surface area contributed by atoms with Gasteiger partial charge in [-0.25, -0.2) is 0 Å². The summed E-state index contributed by atoms with van der Waals surface area (Å²) in [7, 11) is 0. The van der Waals surface area contributed by atoms with Crippen LogP contribution in [0.5, 0.6) is 0 Å². The molecule has 0 aliphatic heterocycles. The second-order valence-corrected chi connectivity index (χ2v) is 7.34. The van der Waals surface area contributed by atoms with Crippen LogP contribution in [0.4, 0.5) is 5.69 Å². The van der Waals surface area contributed by atoms with Crippen LogP contribution < -0.4 is 5.32 Å². The molecule has 0 heterocycles. The molecule has 1 N–H and O–H groups in total. The number of carbonyl (C=O) groups excluding carboxylic acids is 1. The predicted molar refractivity (Wildman–Crippen MR) is 80.4 cm³/mol. The fourth-order valence-corrected chi connectivity index (χ4v) is 5.32. The van der Waals surface area contributed by atoms with Gasteiger partial charge in [-0.15, -0.1) is 0 Å². The highest BCUT2D eigenvalue weighted by atomic mass is 16.2. The second kappa shape index (κ2) is 4.59. The van der Waals surface area contributed by atoms with Crippen molar-refractivity contribution >= 4 is 11.6 Å². The van der Waals surface area contributed by atoms with Gasteiger partial charge in [0.1, 0.15) is 0 Å². The fraction of sp³-hybridized carbons (Fsp3) is 0.556. The molecular weight excluding hydrogens is 260 g/mol. The molecule has 0 spiro atoms. The average molecular weight is 280 g/mol. The lowest BCUT2D eigenvalue weighted by Gasteiger charge is -2.55. The molecule has 4 saturated carbocycles. The van der Waals surface area contributed by atoms with Gasteiger partial charge in [-0.3, -0.25) is 4.79 Å². The van der Waals surface area contributed by atoms with Crippen molar-refractivity contribution < 1.29 is 4.79 Å². The Hall–Kier alpha value is -1.82. The van der Waals surface area contributed by atoms with Crippen molar-refractivity contribution in [1.82, 2.24) is 0 Å². The number of nitrogens with zero attached hydrogens (tertiary/aromatic N) is 1. The van der Waals surface area contributed by atoms with E-state index in [2.05, 4.69) is 11.4 Å². The van der Waals surface area contributed by atoms with E-state index in [-0.39, 0.29) is 11.3 Å². The van der Waals surface area contributed by atoms with Crippen LogP contribution in [0, 0.1) is 34.5 Å². The molecule has 0 aromatic heterocycles. The zero-order valence-corrected chi connectivity index (χ0v) is 12.1. The van der Waals surface area contributed by atoms with Crippen molar-refractivity contribution in [2.24, 2.45) is 23.2 Å². The molecule has 4 aliphatic carbocycles. The van der Waals surface area contributed by atoms with Crippen LogP contribution in [0.2, 0.25) is 0 Å². The molecule has 0 atom stereocenters. The lowest BCUT2D eigenvalue weighted by atomic mass is 9.49. The fourth-order valence-electron chi connectivity index (χ4n) is 5.32. The van der Waals surface area contributed by atoms with E-state index in [9.17, 15) is 4.79 Å². The summed E-state index contributed by atoms with van der Waals surface area (Å²) >= 11 is 0. The highest BCUT2D eigenvalue weighted by Gasteiger charge is 2.54. The molecule has 3 heteroatoms. The van der Waals surface area contributed by atoms with Gasteiger partial charge in [-0.1, -0.05) is 6.07 Å². The van der Waals surface area contributed by atoms with E-state index < -0.39 is 0 Å². The molecule has 4 fully saturated rings. The van der Waals surface area contributed by atoms with Crippen LogP contribution in [0.25, 0.3) is 0 Å². The summed E-state index contributed by atoms with van der Waals surface area (Å²) in [5.74, 6) is 2.50. The number of anilines is 1. The molecule has 1 amide bonds. The Labute approximate surface area is 125 Å². The molecule has 21 heavy (non-hydrogen) atoms. The van der Waals surface area contributed by atoms with Gasteiger partial charge in [0.15, 0.2) is 0 Å². The minimum atomic E-state index is -0.128. The van der Waals surface area contributed by atoms with E-state index in [1.165, 1.54) is 19.3 Å². The van der Waals surface area contributed by atoms with Crippen molar-refractivity contribution in [3.63, 3.8) is 0 Å². The Morgan fingerprint density at radius 2 is 1.76 bits per heavy atom. The summed E-state index contributed by atoms with van der Waals surface area (Å²) in [6, 6.07) is 9.35. The number of carbonyl (C=O) groups is 1. The van der Waals surface area contributed by atoms with Crippen molar-refractivity contribution in [3.05, 3.63) is 29.8 Å². The lowest BCUT2D eigenvalue weighted by molar-refractivity contribution is -0.140. The Morgan fingerprint density at radius 1 is 1.14 bits per heavy atom. The topological polar surface area (TPSA) is 52.9 Å². The maximum Gasteiger partial charge on any atom is 0.230 e. The van der Waals surface area contributed by atoms with E-state index in [0.29, 0.717) is 5.56 Å². The van der Waals surface area contributed by atoms with Gasteiger partial charge >= 0.3 is 0 Å². The first kappa shape index (κ1) is 12.9. The predicted octanol–water partition coefficient (Wildman–Crippen LogP) is 3.71. The summed E-state index contributed by atoms with van der Waals surface area (Å²) in [5.41, 5.74) is 1.23. The van der Waals surface area contributed by atoms with Gasteiger partial charge in [0, 0.05) is 5.69 Å². The minimum absolute atomic E-state index is 0.128. The van der Waals surface area contributed by atoms with Crippen molar-refractivity contribution in [2.75, 3.05) is 5.32 Å². The number of hydrogen-bond acceptors (Lipinski definition) is 2. The number of amides is 1. The quantitative estimate of drug-likeness (QED) is 0.897. The summed E-state index contributed by atoms with van der Waals surface area (Å²) < 4.78 is 0. The third-order valence-electron chi connectivity index (χ3n) is 5.77. The highest BCUT2D eigenvalue weighted by Crippen LogP contribution is 2.60. The zero-order chi connectivity index (χ0) is 14.4. The molecule has 0 saturated heterocycles. The monoisotopic (exact) mass is 280 g/mol. The molecule has 108 valence electrons. The molecule has 5 rings (SSSR count). The first-order chi connectivity index (χ1) is 10.2. The molecule has 4 bridgehead atoms. The maximum atomic E-state index is 12.9. The first-order valence-corrected chi connectivity index (χ1v) is 7.98. The first-order valence-electron chi connectivity index (χ1n) is 7.98. The number of hydrogen-bond donors (Lipinski definition) is 1. The third-order valence-corrected chi connectivity index (χ3v) is 5.77. The van der Waals surface area contributed by atoms with Crippen LogP contribution >= 0.6 is 0 Å². The Bertz CT molecular complexity index is 593. The van der Waals surface area contributed by atoms with Gasteiger partial charge in [0.05, 0.1) is 17.0 Å². The molecule has 4 aliphatic rings. The normalized spacial score (nSPS) is 36.2. The lowest BCUT2D eigenvalue weighted by Crippen LogP contribution is -2.51. The molecule has 0 radical (unpaired) electrons. The second-order valence-electron chi connectivity index (χ2n) is 7.34. The largest absolute Gasteiger partial charge is 0.326 e. The van der Waals surface area contributed by atoms with Crippen LogP contribution in [-0.4, -0.2) is 5.91 Å². The van der Waals surface area contributed by atoms with Crippen LogP contribution in [0.15, 0.2) is 24.3 Å². The van der Waals surface area contributed by atoms with Gasteiger partial charge in [0.25, 0.3) is 0 Å². The molecule has 3 nitrogen and oxygen atoms in total. The van der Waals surface area contributed by atoms with E-state index in [4.69, 9.17) is 5.26 Å². The van der Waals surface area contributed by atoms with Gasteiger partial charge in [-0.05, 0) is 74.5 Å². The SMILES string of the molecule is N#Cc1cccc(NC(=O)C23CC4CC(CC(C4)C2)C3)c1. The molecule has 1 aromatic carbocycles. The molecule has 0 unspecified atom stereocenters. The van der Waals surface area contributed by atoms with Crippen LogP contribution in [0.3, 0.4) is 0 Å². The summed E-state index contributed by atoms with van der Waals surface area (Å²) in [6.07, 6.45) is 7.25. The standard InChI is InChI=1S/C18H20N2O/c19-11-12-2-1-3-16(7-12)20-17(21)18-8-13-4-14(9-18)6-15(5-13)10-18/h1-3,7,13-15H,4-6,8-10H2,(H,20,21). The van der Waals surface area contributed by atoms with Gasteiger partial charge in [-0.2, -0.15) is 5.26 Å². The summed E-state index contributed by atoms with van der Waals surface area (Å²) in [4.78, 5) is 12.9. The van der Waals surface area contributed by atoms with Crippen molar-refractivity contribution in [1.29, 1.82) is 5.26 Å². The smallest absolute Gasteiger partial charge is 0.230 e. The number of benzene rings is 1. The van der Waals surface area contributed by atoms with Crippen molar-refractivity contribution in [2.45, 2.75) is 38.5 Å². The van der Waals surface area contributed by atoms with E-state index in [1.54, 1.807) is 12.1 Å². The molecule has 1 aromatic rings. The Kier molecular flexibility index (Phi) is 2.82. The Morgan fingerprint density at radius 3 is 2.33 bits per heavy atom. The Balaban J connectivity index is 1.56. The number of nitriles is 1. The summed E-state index contributed by atoms with van der Waals surface area (Å²) in [6.45, 7) is 0.